The van der Waals surface area contributed by atoms with E-state index in [0.29, 0.717) is 30.8 Å². The summed E-state index contributed by atoms with van der Waals surface area (Å²) in [6.45, 7) is 0.146. The number of anilines is 1. The summed E-state index contributed by atoms with van der Waals surface area (Å²) in [5.74, 6) is -0.404. The topological polar surface area (TPSA) is 114 Å². The lowest BCUT2D eigenvalue weighted by molar-refractivity contribution is -0.147. The lowest BCUT2D eigenvalue weighted by Crippen LogP contribution is -2.22. The third kappa shape index (κ3) is 5.78. The Morgan fingerprint density at radius 1 is 1.03 bits per heavy atom. The minimum atomic E-state index is -3.52. The van der Waals surface area contributed by atoms with Gasteiger partial charge in [0.15, 0.2) is 6.61 Å². The van der Waals surface area contributed by atoms with Crippen LogP contribution in [0.4, 0.5) is 5.69 Å². The number of carbonyl (C=O) groups excluding carboxylic acids is 2. The summed E-state index contributed by atoms with van der Waals surface area (Å²) in [6, 6.07) is 12.6. The second-order valence-corrected chi connectivity index (χ2v) is 9.84. The maximum Gasteiger partial charge on any atom is 0.306 e. The van der Waals surface area contributed by atoms with Crippen molar-refractivity contribution in [3.05, 3.63) is 59.2 Å². The molecule has 0 aromatic heterocycles. The number of aliphatic imine (C=N–C) groups is 1. The van der Waals surface area contributed by atoms with Gasteiger partial charge >= 0.3 is 5.97 Å². The van der Waals surface area contributed by atoms with E-state index in [4.69, 9.17) is 4.74 Å². The normalized spacial score (nSPS) is 16.7. The summed E-state index contributed by atoms with van der Waals surface area (Å²) in [4.78, 5) is 28.5. The van der Waals surface area contributed by atoms with Crippen molar-refractivity contribution < 1.29 is 22.7 Å². The second-order valence-electron chi connectivity index (χ2n) is 8.19. The van der Waals surface area contributed by atoms with Gasteiger partial charge in [0.05, 0.1) is 4.90 Å². The zero-order valence-electron chi connectivity index (χ0n) is 18.3. The van der Waals surface area contributed by atoms with Crippen LogP contribution in [0.25, 0.3) is 0 Å². The van der Waals surface area contributed by atoms with Crippen LogP contribution >= 0.6 is 0 Å². The highest BCUT2D eigenvalue weighted by molar-refractivity contribution is 7.90. The van der Waals surface area contributed by atoms with Crippen molar-refractivity contribution in [2.75, 3.05) is 18.5 Å². The van der Waals surface area contributed by atoms with Gasteiger partial charge in [0, 0.05) is 24.2 Å². The van der Waals surface area contributed by atoms with Crippen LogP contribution in [-0.2, 0) is 37.2 Å². The molecule has 2 N–H and O–H groups in total. The van der Waals surface area contributed by atoms with E-state index in [1.54, 1.807) is 24.3 Å². The summed E-state index contributed by atoms with van der Waals surface area (Å²) >= 11 is 0. The second kappa shape index (κ2) is 10.2. The summed E-state index contributed by atoms with van der Waals surface area (Å²) in [7, 11) is -3.52. The van der Waals surface area contributed by atoms with E-state index in [9.17, 15) is 18.0 Å². The average Bonchev–Trinajstić information content (AvgIpc) is 3.36. The summed E-state index contributed by atoms with van der Waals surface area (Å²) in [6.07, 6.45) is 5.54. The van der Waals surface area contributed by atoms with E-state index in [0.717, 1.165) is 31.4 Å². The number of carbonyl (C=O) groups is 2. The fourth-order valence-corrected chi connectivity index (χ4v) is 5.32. The van der Waals surface area contributed by atoms with Crippen LogP contribution in [0.3, 0.4) is 0 Å². The molecule has 0 atom stereocenters. The number of nitrogens with zero attached hydrogens (tertiary/aromatic N) is 1. The van der Waals surface area contributed by atoms with E-state index in [2.05, 4.69) is 15.0 Å². The highest BCUT2D eigenvalue weighted by Crippen LogP contribution is 2.25. The van der Waals surface area contributed by atoms with E-state index < -0.39 is 16.0 Å². The number of aryl methyl sites for hydroxylation is 2. The molecule has 0 fully saturated rings. The molecule has 1 aliphatic carbocycles. The number of unbranched alkanes of at least 4 members (excludes halogenated alkanes) is 2. The predicted molar refractivity (Wildman–Crippen MR) is 125 cm³/mol. The SMILES string of the molecule is O=C(COC(=O)CCCCCN=C1NS(=O)(=O)c2ccccc21)Nc1ccc2c(c1)CCC2. The Labute approximate surface area is 193 Å². The minimum Gasteiger partial charge on any atom is -0.456 e. The number of benzene rings is 2. The van der Waals surface area contributed by atoms with Crippen LogP contribution < -0.4 is 10.0 Å². The molecular formula is C24H27N3O5S. The summed E-state index contributed by atoms with van der Waals surface area (Å²) < 4.78 is 31.7. The van der Waals surface area contributed by atoms with Gasteiger partial charge in [-0.1, -0.05) is 24.6 Å². The molecule has 1 heterocycles. The van der Waals surface area contributed by atoms with E-state index >= 15 is 0 Å². The third-order valence-electron chi connectivity index (χ3n) is 5.72. The molecule has 4 rings (SSSR count). The van der Waals surface area contributed by atoms with Gasteiger partial charge < -0.3 is 10.1 Å². The van der Waals surface area contributed by atoms with Gasteiger partial charge in [-0.05, 0) is 67.5 Å². The standard InChI is InChI=1S/C24H27N3O5S/c28-22(26-19-13-12-17-7-6-8-18(17)15-19)16-32-23(29)11-2-1-5-14-25-24-20-9-3-4-10-21(20)33(30,31)27-24/h3-4,9-10,12-13,15H,1-2,5-8,11,14,16H2,(H,25,27)(H,26,28). The molecule has 0 bridgehead atoms. The third-order valence-corrected chi connectivity index (χ3v) is 7.12. The number of nitrogens with one attached hydrogen (secondary N) is 2. The van der Waals surface area contributed by atoms with Crippen LogP contribution in [0.1, 0.15) is 48.8 Å². The number of esters is 1. The van der Waals surface area contributed by atoms with Gasteiger partial charge in [-0.3, -0.25) is 19.3 Å². The average molecular weight is 470 g/mol. The fraction of sp³-hybridized carbons (Fsp3) is 0.375. The van der Waals surface area contributed by atoms with Crippen molar-refractivity contribution in [1.82, 2.24) is 4.72 Å². The first-order chi connectivity index (χ1) is 15.9. The number of amides is 1. The molecule has 2 aromatic rings. The molecule has 0 saturated carbocycles. The van der Waals surface area contributed by atoms with Crippen LogP contribution in [0.2, 0.25) is 0 Å². The van der Waals surface area contributed by atoms with Gasteiger partial charge in [0.2, 0.25) is 0 Å². The Morgan fingerprint density at radius 2 is 1.85 bits per heavy atom. The number of rotatable bonds is 9. The van der Waals surface area contributed by atoms with Crippen molar-refractivity contribution >= 4 is 33.4 Å². The number of ether oxygens (including phenoxy) is 1. The molecular weight excluding hydrogens is 442 g/mol. The Balaban J connectivity index is 1.12. The van der Waals surface area contributed by atoms with Crippen molar-refractivity contribution in [3.8, 4) is 0 Å². The van der Waals surface area contributed by atoms with Crippen molar-refractivity contribution in [2.24, 2.45) is 4.99 Å². The van der Waals surface area contributed by atoms with Crippen molar-refractivity contribution in [3.63, 3.8) is 0 Å². The fourth-order valence-electron chi connectivity index (χ4n) is 4.06. The lowest BCUT2D eigenvalue weighted by Gasteiger charge is -2.08. The molecule has 0 saturated heterocycles. The zero-order chi connectivity index (χ0) is 23.3. The maximum absolute atomic E-state index is 12.1. The van der Waals surface area contributed by atoms with Crippen LogP contribution in [-0.4, -0.2) is 39.3 Å². The highest BCUT2D eigenvalue weighted by Gasteiger charge is 2.29. The molecule has 8 nitrogen and oxygen atoms in total. The molecule has 33 heavy (non-hydrogen) atoms. The smallest absolute Gasteiger partial charge is 0.306 e. The molecule has 2 aliphatic rings. The van der Waals surface area contributed by atoms with Crippen molar-refractivity contribution in [1.29, 1.82) is 0 Å². The molecule has 0 radical (unpaired) electrons. The molecule has 2 aromatic carbocycles. The monoisotopic (exact) mass is 469 g/mol. The molecule has 0 unspecified atom stereocenters. The molecule has 174 valence electrons. The first-order valence-corrected chi connectivity index (χ1v) is 12.6. The molecule has 9 heteroatoms. The first kappa shape index (κ1) is 23.0. The number of hydrogen-bond acceptors (Lipinski definition) is 6. The zero-order valence-corrected chi connectivity index (χ0v) is 19.1. The maximum atomic E-state index is 12.1. The van der Waals surface area contributed by atoms with E-state index in [1.807, 2.05) is 18.2 Å². The van der Waals surface area contributed by atoms with E-state index in [-0.39, 0.29) is 23.8 Å². The molecule has 1 aliphatic heterocycles. The van der Waals surface area contributed by atoms with Crippen LogP contribution in [0.15, 0.2) is 52.4 Å². The number of hydrogen-bond donors (Lipinski definition) is 2. The van der Waals surface area contributed by atoms with Gasteiger partial charge in [-0.25, -0.2) is 8.42 Å². The summed E-state index contributed by atoms with van der Waals surface area (Å²) in [5.41, 5.74) is 3.91. The quantitative estimate of drug-likeness (QED) is 0.433. The van der Waals surface area contributed by atoms with Crippen LogP contribution in [0.5, 0.6) is 0 Å². The Morgan fingerprint density at radius 3 is 2.73 bits per heavy atom. The highest BCUT2D eigenvalue weighted by atomic mass is 32.2. The number of sulfonamides is 1. The molecule has 1 amide bonds. The lowest BCUT2D eigenvalue weighted by atomic mass is 10.1. The predicted octanol–water partition coefficient (Wildman–Crippen LogP) is 2.96. The number of amidine groups is 1. The first-order valence-electron chi connectivity index (χ1n) is 11.2. The van der Waals surface area contributed by atoms with Gasteiger partial charge in [-0.15, -0.1) is 0 Å². The number of fused-ring (bicyclic) bond motifs is 2. The van der Waals surface area contributed by atoms with Crippen LogP contribution in [0, 0.1) is 0 Å². The molecule has 0 spiro atoms. The van der Waals surface area contributed by atoms with Crippen molar-refractivity contribution in [2.45, 2.75) is 49.8 Å². The Hall–Kier alpha value is -3.20. The summed E-state index contributed by atoms with van der Waals surface area (Å²) in [5, 5.41) is 2.77. The van der Waals surface area contributed by atoms with Gasteiger partial charge in [0.25, 0.3) is 15.9 Å². The van der Waals surface area contributed by atoms with Gasteiger partial charge in [-0.2, -0.15) is 0 Å². The Bertz CT molecular complexity index is 1190. The van der Waals surface area contributed by atoms with Gasteiger partial charge in [0.1, 0.15) is 5.84 Å². The van der Waals surface area contributed by atoms with E-state index in [1.165, 1.54) is 11.1 Å². The Kier molecular flexibility index (Phi) is 7.08. The largest absolute Gasteiger partial charge is 0.456 e. The minimum absolute atomic E-state index is 0.220.